The molecule has 1 fully saturated rings. The first-order valence-corrected chi connectivity index (χ1v) is 10.3. The van der Waals surface area contributed by atoms with E-state index in [4.69, 9.17) is 5.73 Å². The van der Waals surface area contributed by atoms with Gasteiger partial charge in [-0.25, -0.2) is 9.18 Å². The van der Waals surface area contributed by atoms with Gasteiger partial charge in [0.05, 0.1) is 0 Å². The van der Waals surface area contributed by atoms with Crippen LogP contribution < -0.4 is 21.9 Å². The fourth-order valence-electron chi connectivity index (χ4n) is 3.79. The van der Waals surface area contributed by atoms with E-state index in [9.17, 15) is 18.8 Å². The van der Waals surface area contributed by atoms with E-state index in [0.29, 0.717) is 19.5 Å². The van der Waals surface area contributed by atoms with Crippen molar-refractivity contribution in [3.8, 4) is 0 Å². The summed E-state index contributed by atoms with van der Waals surface area (Å²) in [5.74, 6) is -0.635. The fourth-order valence-corrected chi connectivity index (χ4v) is 3.79. The third-order valence-electron chi connectivity index (χ3n) is 5.25. The van der Waals surface area contributed by atoms with Gasteiger partial charge in [-0.05, 0) is 41.9 Å². The van der Waals surface area contributed by atoms with Crippen LogP contribution in [0.1, 0.15) is 45.6 Å². The summed E-state index contributed by atoms with van der Waals surface area (Å²) >= 11 is 0. The van der Waals surface area contributed by atoms with Gasteiger partial charge in [-0.2, -0.15) is 0 Å². The molecule has 1 aromatic carbocycles. The lowest BCUT2D eigenvalue weighted by Gasteiger charge is -2.26. The number of anilines is 2. The Bertz CT molecular complexity index is 1040. The Balaban J connectivity index is 1.97. The van der Waals surface area contributed by atoms with Gasteiger partial charge in [0.25, 0.3) is 5.56 Å². The molecule has 2 aromatic rings. The SMILES string of the molecule is CC(C)CN(C(=O)C1CC1c1ccc(F)cc1)c1c(N)n(CC(C)C)c(=O)[nH]c1=O. The first-order valence-electron chi connectivity index (χ1n) is 10.3. The maximum absolute atomic E-state index is 13.4. The van der Waals surface area contributed by atoms with E-state index in [0.717, 1.165) is 5.56 Å². The molecular formula is C22H29FN4O3. The number of hydrogen-bond donors (Lipinski definition) is 2. The summed E-state index contributed by atoms with van der Waals surface area (Å²) in [4.78, 5) is 42.0. The number of nitrogens with zero attached hydrogens (tertiary/aromatic N) is 2. The van der Waals surface area contributed by atoms with Crippen LogP contribution in [-0.2, 0) is 11.3 Å². The number of nitrogens with two attached hydrogens (primary N) is 1. The highest BCUT2D eigenvalue weighted by Gasteiger charge is 2.46. The van der Waals surface area contributed by atoms with Crippen molar-refractivity contribution in [1.29, 1.82) is 0 Å². The average molecular weight is 416 g/mol. The van der Waals surface area contributed by atoms with Crippen LogP contribution in [0.3, 0.4) is 0 Å². The van der Waals surface area contributed by atoms with Crippen molar-refractivity contribution < 1.29 is 9.18 Å². The number of aromatic nitrogens is 2. The Morgan fingerprint density at radius 1 is 1.20 bits per heavy atom. The van der Waals surface area contributed by atoms with E-state index in [1.807, 2.05) is 27.7 Å². The number of H-pyrrole nitrogens is 1. The molecule has 1 amide bonds. The van der Waals surface area contributed by atoms with Gasteiger partial charge in [0.15, 0.2) is 5.69 Å². The topological polar surface area (TPSA) is 101 Å². The summed E-state index contributed by atoms with van der Waals surface area (Å²) in [5, 5.41) is 0. The van der Waals surface area contributed by atoms with E-state index in [-0.39, 0.29) is 46.9 Å². The summed E-state index contributed by atoms with van der Waals surface area (Å²) in [6.45, 7) is 8.40. The number of carbonyl (C=O) groups is 1. The van der Waals surface area contributed by atoms with Gasteiger partial charge in [-0.15, -0.1) is 0 Å². The Morgan fingerprint density at radius 3 is 2.40 bits per heavy atom. The lowest BCUT2D eigenvalue weighted by Crippen LogP contribution is -2.43. The minimum atomic E-state index is -0.662. The lowest BCUT2D eigenvalue weighted by molar-refractivity contribution is -0.120. The molecular weight excluding hydrogens is 387 g/mol. The first kappa shape index (κ1) is 21.8. The van der Waals surface area contributed by atoms with E-state index in [1.54, 1.807) is 12.1 Å². The monoisotopic (exact) mass is 416 g/mol. The maximum atomic E-state index is 13.4. The van der Waals surface area contributed by atoms with Crippen molar-refractivity contribution >= 4 is 17.4 Å². The predicted octanol–water partition coefficient (Wildman–Crippen LogP) is 2.71. The Labute approximate surface area is 174 Å². The molecule has 0 spiro atoms. The van der Waals surface area contributed by atoms with Gasteiger partial charge in [-0.1, -0.05) is 39.8 Å². The summed E-state index contributed by atoms with van der Waals surface area (Å²) < 4.78 is 14.5. The second kappa shape index (κ2) is 8.45. The largest absolute Gasteiger partial charge is 0.383 e. The molecule has 3 rings (SSSR count). The summed E-state index contributed by atoms with van der Waals surface area (Å²) in [5.41, 5.74) is 5.92. The van der Waals surface area contributed by atoms with Gasteiger partial charge in [0, 0.05) is 19.0 Å². The molecule has 0 bridgehead atoms. The average Bonchev–Trinajstić information content (AvgIpc) is 3.44. The zero-order valence-electron chi connectivity index (χ0n) is 17.8. The number of amides is 1. The van der Waals surface area contributed by atoms with Crippen LogP contribution >= 0.6 is 0 Å². The molecule has 1 aromatic heterocycles. The summed E-state index contributed by atoms with van der Waals surface area (Å²) in [6.07, 6.45) is 0.627. The second-order valence-electron chi connectivity index (χ2n) is 8.84. The molecule has 1 saturated carbocycles. The molecule has 1 aliphatic rings. The maximum Gasteiger partial charge on any atom is 0.330 e. The number of rotatable bonds is 7. The highest BCUT2D eigenvalue weighted by atomic mass is 19.1. The molecule has 2 atom stereocenters. The standard InChI is InChI=1S/C22H29FN4O3/c1-12(2)10-26(18-19(24)27(11-13(3)4)22(30)25-20(18)28)21(29)17-9-16(17)14-5-7-15(23)8-6-14/h5-8,12-13,16-17H,9-11,24H2,1-4H3,(H,25,28,30). The number of nitrogens with one attached hydrogen (secondary N) is 1. The molecule has 1 heterocycles. The van der Waals surface area contributed by atoms with Crippen LogP contribution in [0, 0.1) is 23.6 Å². The number of carbonyl (C=O) groups excluding carboxylic acids is 1. The fraction of sp³-hybridized carbons (Fsp3) is 0.500. The third-order valence-corrected chi connectivity index (χ3v) is 5.25. The zero-order chi connectivity index (χ0) is 22.2. The van der Waals surface area contributed by atoms with Crippen molar-refractivity contribution in [3.05, 3.63) is 56.5 Å². The van der Waals surface area contributed by atoms with Crippen LogP contribution in [0.2, 0.25) is 0 Å². The Hall–Kier alpha value is -2.90. The number of nitrogen functional groups attached to an aromatic ring is 1. The van der Waals surface area contributed by atoms with Gasteiger partial charge in [0.2, 0.25) is 5.91 Å². The van der Waals surface area contributed by atoms with E-state index in [1.165, 1.54) is 21.6 Å². The number of hydrogen-bond acceptors (Lipinski definition) is 4. The molecule has 1 aliphatic carbocycles. The normalized spacial score (nSPS) is 18.1. The number of halogens is 1. The van der Waals surface area contributed by atoms with E-state index < -0.39 is 11.2 Å². The minimum absolute atomic E-state index is 0.00503. The van der Waals surface area contributed by atoms with Gasteiger partial charge in [-0.3, -0.25) is 19.1 Å². The smallest absolute Gasteiger partial charge is 0.330 e. The molecule has 2 unspecified atom stereocenters. The molecule has 8 heteroatoms. The summed E-state index contributed by atoms with van der Waals surface area (Å²) in [7, 11) is 0. The van der Waals surface area contributed by atoms with Crippen molar-refractivity contribution in [1.82, 2.24) is 9.55 Å². The van der Waals surface area contributed by atoms with Crippen LogP contribution in [0.4, 0.5) is 15.9 Å². The van der Waals surface area contributed by atoms with Crippen LogP contribution in [0.25, 0.3) is 0 Å². The lowest BCUT2D eigenvalue weighted by atomic mass is 10.1. The number of aromatic amines is 1. The molecule has 0 aliphatic heterocycles. The molecule has 162 valence electrons. The highest BCUT2D eigenvalue weighted by molar-refractivity contribution is 5.99. The van der Waals surface area contributed by atoms with Gasteiger partial charge in [0.1, 0.15) is 11.6 Å². The quantitative estimate of drug-likeness (QED) is 0.725. The minimum Gasteiger partial charge on any atom is -0.383 e. The molecule has 7 nitrogen and oxygen atoms in total. The molecule has 0 saturated heterocycles. The van der Waals surface area contributed by atoms with Crippen LogP contribution in [0.5, 0.6) is 0 Å². The van der Waals surface area contributed by atoms with Crippen molar-refractivity contribution in [3.63, 3.8) is 0 Å². The van der Waals surface area contributed by atoms with Crippen molar-refractivity contribution in [2.45, 2.75) is 46.6 Å². The highest BCUT2D eigenvalue weighted by Crippen LogP contribution is 2.49. The van der Waals surface area contributed by atoms with Gasteiger partial charge >= 0.3 is 5.69 Å². The van der Waals surface area contributed by atoms with E-state index >= 15 is 0 Å². The van der Waals surface area contributed by atoms with E-state index in [2.05, 4.69) is 4.98 Å². The molecule has 3 N–H and O–H groups in total. The Morgan fingerprint density at radius 2 is 1.83 bits per heavy atom. The van der Waals surface area contributed by atoms with Crippen molar-refractivity contribution in [2.24, 2.45) is 17.8 Å². The second-order valence-corrected chi connectivity index (χ2v) is 8.84. The Kier molecular flexibility index (Phi) is 6.14. The van der Waals surface area contributed by atoms with Crippen LogP contribution in [0.15, 0.2) is 33.9 Å². The molecule has 30 heavy (non-hydrogen) atoms. The van der Waals surface area contributed by atoms with Gasteiger partial charge < -0.3 is 10.6 Å². The third kappa shape index (κ3) is 4.47. The van der Waals surface area contributed by atoms with Crippen LogP contribution in [-0.4, -0.2) is 22.0 Å². The molecule has 0 radical (unpaired) electrons. The first-order chi connectivity index (χ1) is 14.1. The zero-order valence-corrected chi connectivity index (χ0v) is 17.8. The van der Waals surface area contributed by atoms with Crippen molar-refractivity contribution in [2.75, 3.05) is 17.2 Å². The summed E-state index contributed by atoms with van der Waals surface area (Å²) in [6, 6.07) is 6.13. The predicted molar refractivity (Wildman–Crippen MR) is 115 cm³/mol. The number of benzene rings is 1.